The lowest BCUT2D eigenvalue weighted by atomic mass is 9.85. The Kier molecular flexibility index (Phi) is 5.87. The molecule has 22 heavy (non-hydrogen) atoms. The summed E-state index contributed by atoms with van der Waals surface area (Å²) in [4.78, 5) is 12.3. The van der Waals surface area contributed by atoms with Crippen molar-refractivity contribution in [1.29, 1.82) is 0 Å². The van der Waals surface area contributed by atoms with Crippen LogP contribution in [0.4, 0.5) is 0 Å². The number of aromatic nitrogens is 1. The van der Waals surface area contributed by atoms with Crippen LogP contribution in [0.1, 0.15) is 49.1 Å². The minimum atomic E-state index is 0. The predicted octanol–water partition coefficient (Wildman–Crippen LogP) is 2.29. The third-order valence-corrected chi connectivity index (χ3v) is 5.03. The number of fused-ring (bicyclic) bond motifs is 1. The van der Waals surface area contributed by atoms with E-state index in [1.54, 1.807) is 0 Å². The van der Waals surface area contributed by atoms with Gasteiger partial charge in [-0.05, 0) is 45.4 Å². The minimum Gasteiger partial charge on any atom is -0.361 e. The summed E-state index contributed by atoms with van der Waals surface area (Å²) in [6.45, 7) is 4.51. The number of rotatable bonds is 4. The first-order valence-electron chi connectivity index (χ1n) is 8.10. The molecule has 2 heterocycles. The first-order valence-corrected chi connectivity index (χ1v) is 8.10. The number of aryl methyl sites for hydroxylation is 2. The van der Waals surface area contributed by atoms with Gasteiger partial charge < -0.3 is 15.2 Å². The highest BCUT2D eigenvalue weighted by Crippen LogP contribution is 2.33. The van der Waals surface area contributed by atoms with E-state index in [1.807, 2.05) is 13.8 Å². The summed E-state index contributed by atoms with van der Waals surface area (Å²) < 4.78 is 5.14. The van der Waals surface area contributed by atoms with Gasteiger partial charge in [-0.25, -0.2) is 0 Å². The SMILES string of the molecule is Cc1noc(C)c1CCNC(=O)C1CC2CCCCC2N1.Cl. The zero-order valence-corrected chi connectivity index (χ0v) is 14.2. The fraction of sp³-hybridized carbons (Fsp3) is 0.750. The molecule has 2 N–H and O–H groups in total. The van der Waals surface area contributed by atoms with Crippen molar-refractivity contribution in [2.24, 2.45) is 5.92 Å². The Morgan fingerprint density at radius 3 is 2.82 bits per heavy atom. The Morgan fingerprint density at radius 1 is 1.36 bits per heavy atom. The van der Waals surface area contributed by atoms with Crippen LogP contribution in [0.3, 0.4) is 0 Å². The summed E-state index contributed by atoms with van der Waals surface area (Å²) >= 11 is 0. The van der Waals surface area contributed by atoms with E-state index in [0.717, 1.165) is 29.9 Å². The molecule has 0 radical (unpaired) electrons. The van der Waals surface area contributed by atoms with Gasteiger partial charge in [0.15, 0.2) is 0 Å². The molecule has 3 rings (SSSR count). The molecule has 1 aromatic rings. The molecule has 2 fully saturated rings. The quantitative estimate of drug-likeness (QED) is 0.890. The number of nitrogens with one attached hydrogen (secondary N) is 2. The molecular weight excluding hydrogens is 302 g/mol. The number of amides is 1. The highest BCUT2D eigenvalue weighted by molar-refractivity contribution is 5.85. The number of carbonyl (C=O) groups is 1. The monoisotopic (exact) mass is 327 g/mol. The molecule has 3 atom stereocenters. The lowest BCUT2D eigenvalue weighted by Gasteiger charge is -2.24. The third-order valence-electron chi connectivity index (χ3n) is 5.03. The average molecular weight is 328 g/mol. The first-order chi connectivity index (χ1) is 10.1. The van der Waals surface area contributed by atoms with Gasteiger partial charge in [0, 0.05) is 18.2 Å². The Balaban J connectivity index is 0.00000176. The number of nitrogens with zero attached hydrogens (tertiary/aromatic N) is 1. The van der Waals surface area contributed by atoms with Gasteiger partial charge in [0.05, 0.1) is 11.7 Å². The first kappa shape index (κ1) is 17.3. The van der Waals surface area contributed by atoms with Crippen LogP contribution in [0.2, 0.25) is 0 Å². The van der Waals surface area contributed by atoms with Crippen LogP contribution in [-0.2, 0) is 11.2 Å². The van der Waals surface area contributed by atoms with Gasteiger partial charge in [0.2, 0.25) is 5.91 Å². The van der Waals surface area contributed by atoms with E-state index >= 15 is 0 Å². The van der Waals surface area contributed by atoms with Crippen molar-refractivity contribution in [2.45, 2.75) is 64.5 Å². The maximum atomic E-state index is 12.3. The van der Waals surface area contributed by atoms with Crippen molar-refractivity contribution >= 4 is 18.3 Å². The summed E-state index contributed by atoms with van der Waals surface area (Å²) in [5.74, 6) is 1.71. The molecule has 3 unspecified atom stereocenters. The van der Waals surface area contributed by atoms with E-state index < -0.39 is 0 Å². The second-order valence-electron chi connectivity index (χ2n) is 6.45. The van der Waals surface area contributed by atoms with Gasteiger partial charge in [-0.3, -0.25) is 4.79 Å². The third kappa shape index (κ3) is 3.63. The Morgan fingerprint density at radius 2 is 2.14 bits per heavy atom. The molecule has 0 bridgehead atoms. The van der Waals surface area contributed by atoms with Gasteiger partial charge in [0.25, 0.3) is 0 Å². The lowest BCUT2D eigenvalue weighted by molar-refractivity contribution is -0.122. The van der Waals surface area contributed by atoms with Crippen molar-refractivity contribution in [2.75, 3.05) is 6.54 Å². The van der Waals surface area contributed by atoms with E-state index in [1.165, 1.54) is 25.7 Å². The van der Waals surface area contributed by atoms with Crippen molar-refractivity contribution in [3.8, 4) is 0 Å². The van der Waals surface area contributed by atoms with Crippen LogP contribution >= 0.6 is 12.4 Å². The molecule has 0 spiro atoms. The molecule has 2 aliphatic rings. The number of carbonyl (C=O) groups excluding carboxylic acids is 1. The standard InChI is InChI=1S/C16H25N3O2.ClH/c1-10-13(11(2)21-19-10)7-8-17-16(20)15-9-12-5-3-4-6-14(12)18-15;/h12,14-15,18H,3-9H2,1-2H3,(H,17,20);1H. The smallest absolute Gasteiger partial charge is 0.237 e. The normalized spacial score (nSPS) is 27.1. The summed E-state index contributed by atoms with van der Waals surface area (Å²) in [6.07, 6.45) is 6.92. The molecule has 6 heteroatoms. The predicted molar refractivity (Wildman–Crippen MR) is 87.2 cm³/mol. The second-order valence-corrected chi connectivity index (χ2v) is 6.45. The molecule has 1 amide bonds. The molecule has 1 saturated carbocycles. The molecule has 124 valence electrons. The van der Waals surface area contributed by atoms with E-state index in [0.29, 0.717) is 18.5 Å². The zero-order chi connectivity index (χ0) is 14.8. The van der Waals surface area contributed by atoms with Crippen molar-refractivity contribution in [3.63, 3.8) is 0 Å². The van der Waals surface area contributed by atoms with Gasteiger partial charge in [-0.15, -0.1) is 12.4 Å². The van der Waals surface area contributed by atoms with Crippen LogP contribution in [0, 0.1) is 19.8 Å². The molecule has 5 nitrogen and oxygen atoms in total. The molecule has 1 aliphatic carbocycles. The van der Waals surface area contributed by atoms with Crippen LogP contribution in [0.15, 0.2) is 4.52 Å². The van der Waals surface area contributed by atoms with E-state index in [9.17, 15) is 4.79 Å². The van der Waals surface area contributed by atoms with Crippen LogP contribution in [0.25, 0.3) is 0 Å². The Labute approximate surface area is 138 Å². The average Bonchev–Trinajstić information content (AvgIpc) is 3.04. The number of halogens is 1. The minimum absolute atomic E-state index is 0. The van der Waals surface area contributed by atoms with Gasteiger partial charge in [-0.1, -0.05) is 18.0 Å². The van der Waals surface area contributed by atoms with Crippen LogP contribution < -0.4 is 10.6 Å². The van der Waals surface area contributed by atoms with E-state index in [4.69, 9.17) is 4.52 Å². The van der Waals surface area contributed by atoms with E-state index in [2.05, 4.69) is 15.8 Å². The molecule has 1 saturated heterocycles. The maximum absolute atomic E-state index is 12.3. The second kappa shape index (κ2) is 7.47. The van der Waals surface area contributed by atoms with E-state index in [-0.39, 0.29) is 24.4 Å². The highest BCUT2D eigenvalue weighted by Gasteiger charge is 2.37. The molecule has 1 aromatic heterocycles. The number of hydrogen-bond acceptors (Lipinski definition) is 4. The number of hydrogen-bond donors (Lipinski definition) is 2. The molecule has 1 aliphatic heterocycles. The zero-order valence-electron chi connectivity index (χ0n) is 13.4. The Bertz CT molecular complexity index is 484. The van der Waals surface area contributed by atoms with Gasteiger partial charge in [0.1, 0.15) is 5.76 Å². The van der Waals surface area contributed by atoms with Crippen molar-refractivity contribution in [3.05, 3.63) is 17.0 Å². The van der Waals surface area contributed by atoms with Crippen molar-refractivity contribution in [1.82, 2.24) is 15.8 Å². The topological polar surface area (TPSA) is 67.2 Å². The van der Waals surface area contributed by atoms with Crippen molar-refractivity contribution < 1.29 is 9.32 Å². The van der Waals surface area contributed by atoms with Gasteiger partial charge >= 0.3 is 0 Å². The highest BCUT2D eigenvalue weighted by atomic mass is 35.5. The molecule has 0 aromatic carbocycles. The lowest BCUT2D eigenvalue weighted by Crippen LogP contribution is -2.43. The summed E-state index contributed by atoms with van der Waals surface area (Å²) in [7, 11) is 0. The van der Waals surface area contributed by atoms with Crippen LogP contribution in [-0.4, -0.2) is 29.7 Å². The fourth-order valence-corrected chi connectivity index (χ4v) is 3.81. The summed E-state index contributed by atoms with van der Waals surface area (Å²) in [6, 6.07) is 0.569. The largest absolute Gasteiger partial charge is 0.361 e. The van der Waals surface area contributed by atoms with Gasteiger partial charge in [-0.2, -0.15) is 0 Å². The Hall–Kier alpha value is -1.07. The summed E-state index contributed by atoms with van der Waals surface area (Å²) in [5.41, 5.74) is 2.04. The maximum Gasteiger partial charge on any atom is 0.237 e. The summed E-state index contributed by atoms with van der Waals surface area (Å²) in [5, 5.41) is 10.5. The molecular formula is C16H26ClN3O2. The fourth-order valence-electron chi connectivity index (χ4n) is 3.81. The van der Waals surface area contributed by atoms with Crippen LogP contribution in [0.5, 0.6) is 0 Å².